The van der Waals surface area contributed by atoms with Crippen molar-refractivity contribution in [3.63, 3.8) is 0 Å². The van der Waals surface area contributed by atoms with Gasteiger partial charge in [-0.2, -0.15) is 0 Å². The van der Waals surface area contributed by atoms with Gasteiger partial charge in [-0.1, -0.05) is 17.7 Å². The minimum Gasteiger partial charge on any atom is -0.466 e. The third-order valence-corrected chi connectivity index (χ3v) is 6.78. The number of hydrogen-bond donors (Lipinski definition) is 1. The van der Waals surface area contributed by atoms with E-state index in [4.69, 9.17) is 21.3 Å². The van der Waals surface area contributed by atoms with Crippen LogP contribution in [-0.4, -0.2) is 56.1 Å². The molecular formula is C19H18ClFN4O4S2. The van der Waals surface area contributed by atoms with Gasteiger partial charge in [0.05, 0.1) is 18.9 Å². The van der Waals surface area contributed by atoms with Crippen LogP contribution in [0.5, 0.6) is 0 Å². The van der Waals surface area contributed by atoms with Gasteiger partial charge >= 0.3 is 5.97 Å². The minimum atomic E-state index is -3.47. The third kappa shape index (κ3) is 4.36. The zero-order valence-corrected chi connectivity index (χ0v) is 18.9. The number of sulfonamides is 1. The quantitative estimate of drug-likeness (QED) is 0.654. The minimum absolute atomic E-state index is 0.117. The first-order valence-electron chi connectivity index (χ1n) is 9.16. The molecule has 0 radical (unpaired) electrons. The second-order valence-corrected chi connectivity index (χ2v) is 10.2. The maximum Gasteiger partial charge on any atom is 0.338 e. The molecule has 1 aromatic carbocycles. The second-order valence-electron chi connectivity index (χ2n) is 7.11. The number of rotatable bonds is 5. The number of halogens is 2. The van der Waals surface area contributed by atoms with E-state index in [-0.39, 0.29) is 23.6 Å². The van der Waals surface area contributed by atoms with Crippen molar-refractivity contribution in [1.82, 2.24) is 14.6 Å². The molecule has 2 aliphatic heterocycles. The third-order valence-electron chi connectivity index (χ3n) is 4.93. The van der Waals surface area contributed by atoms with Crippen molar-refractivity contribution >= 4 is 44.8 Å². The van der Waals surface area contributed by atoms with E-state index in [1.54, 1.807) is 16.5 Å². The van der Waals surface area contributed by atoms with Crippen LogP contribution >= 0.6 is 22.9 Å². The van der Waals surface area contributed by atoms with Crippen LogP contribution in [0, 0.1) is 5.82 Å². The van der Waals surface area contributed by atoms with Gasteiger partial charge < -0.3 is 9.64 Å². The molecule has 31 heavy (non-hydrogen) atoms. The Morgan fingerprint density at radius 3 is 2.81 bits per heavy atom. The van der Waals surface area contributed by atoms with Crippen molar-refractivity contribution in [2.45, 2.75) is 18.5 Å². The highest BCUT2D eigenvalue weighted by Gasteiger charge is 2.43. The fraction of sp³-hybridized carbons (Fsp3) is 0.316. The van der Waals surface area contributed by atoms with Crippen molar-refractivity contribution in [2.75, 3.05) is 19.9 Å². The van der Waals surface area contributed by atoms with Crippen molar-refractivity contribution in [1.29, 1.82) is 0 Å². The maximum absolute atomic E-state index is 13.7. The van der Waals surface area contributed by atoms with Gasteiger partial charge in [0, 0.05) is 46.9 Å². The SMILES string of the molecule is COC(=O)C1=C2CC(NS(C)(=O)=O)CN2C(c2nccs2)=N[C@@H]1c1ccc(F)cc1Cl. The second kappa shape index (κ2) is 8.30. The summed E-state index contributed by atoms with van der Waals surface area (Å²) in [6.45, 7) is 0.269. The average Bonchev–Trinajstić information content (AvgIpc) is 3.34. The fourth-order valence-electron chi connectivity index (χ4n) is 3.80. The molecule has 0 bridgehead atoms. The van der Waals surface area contributed by atoms with Gasteiger partial charge in [0.15, 0.2) is 10.8 Å². The molecule has 0 aliphatic carbocycles. The number of benzene rings is 1. The van der Waals surface area contributed by atoms with Crippen molar-refractivity contribution in [2.24, 2.45) is 4.99 Å². The van der Waals surface area contributed by atoms with Gasteiger partial charge in [-0.3, -0.25) is 4.99 Å². The molecular weight excluding hydrogens is 467 g/mol. The summed E-state index contributed by atoms with van der Waals surface area (Å²) in [6, 6.07) is 2.55. The molecule has 0 amide bonds. The summed E-state index contributed by atoms with van der Waals surface area (Å²) >= 11 is 7.66. The summed E-state index contributed by atoms with van der Waals surface area (Å²) in [7, 11) is -2.22. The lowest BCUT2D eigenvalue weighted by molar-refractivity contribution is -0.136. The summed E-state index contributed by atoms with van der Waals surface area (Å²) in [5, 5.41) is 2.51. The Bertz CT molecular complexity index is 1200. The van der Waals surface area contributed by atoms with Crippen LogP contribution in [0.1, 0.15) is 23.0 Å². The molecule has 2 atom stereocenters. The lowest BCUT2D eigenvalue weighted by Gasteiger charge is -2.31. The van der Waals surface area contributed by atoms with E-state index >= 15 is 0 Å². The standard InChI is InChI=1S/C19H18ClFN4O4S2/c1-29-19(26)15-14-8-11(24-31(2,27)28)9-25(14)17(18-22-5-6-30-18)23-16(15)12-4-3-10(21)7-13(12)20/h3-7,11,16,24H,8-9H2,1-2H3/t11?,16-/m1/s1. The summed E-state index contributed by atoms with van der Waals surface area (Å²) < 4.78 is 44.9. The zero-order valence-electron chi connectivity index (χ0n) is 16.5. The van der Waals surface area contributed by atoms with Crippen molar-refractivity contribution in [3.05, 3.63) is 62.5 Å². The molecule has 4 rings (SSSR count). The molecule has 1 fully saturated rings. The molecule has 0 saturated carbocycles. The first-order chi connectivity index (χ1) is 14.7. The normalized spacial score (nSPS) is 21.2. The first kappa shape index (κ1) is 21.9. The molecule has 8 nitrogen and oxygen atoms in total. The molecule has 1 unspecified atom stereocenters. The van der Waals surface area contributed by atoms with E-state index in [2.05, 4.69) is 9.71 Å². The number of ether oxygens (including phenoxy) is 1. The number of esters is 1. The molecule has 12 heteroatoms. The highest BCUT2D eigenvalue weighted by Crippen LogP contribution is 2.42. The van der Waals surface area contributed by atoms with Crippen molar-refractivity contribution in [3.8, 4) is 0 Å². The Morgan fingerprint density at radius 1 is 1.42 bits per heavy atom. The number of hydrogen-bond acceptors (Lipinski definition) is 8. The van der Waals surface area contributed by atoms with Gasteiger partial charge in [-0.15, -0.1) is 11.3 Å². The average molecular weight is 485 g/mol. The summed E-state index contributed by atoms with van der Waals surface area (Å²) in [5.74, 6) is -0.644. The number of carbonyl (C=O) groups is 1. The molecule has 3 heterocycles. The molecule has 2 aromatic rings. The summed E-state index contributed by atoms with van der Waals surface area (Å²) in [6.07, 6.45) is 2.96. The van der Waals surface area contributed by atoms with Crippen molar-refractivity contribution < 1.29 is 22.3 Å². The first-order valence-corrected chi connectivity index (χ1v) is 12.3. The number of amidine groups is 1. The zero-order chi connectivity index (χ0) is 22.3. The van der Waals surface area contributed by atoms with Gasteiger partial charge in [-0.25, -0.2) is 27.3 Å². The van der Waals surface area contributed by atoms with E-state index < -0.39 is 33.9 Å². The topological polar surface area (TPSA) is 101 Å². The highest BCUT2D eigenvalue weighted by atomic mass is 35.5. The molecule has 1 saturated heterocycles. The molecule has 2 aliphatic rings. The molecule has 164 valence electrons. The molecule has 1 aromatic heterocycles. The lowest BCUT2D eigenvalue weighted by atomic mass is 9.94. The molecule has 0 spiro atoms. The Kier molecular flexibility index (Phi) is 5.86. The Labute approximate surface area is 187 Å². The lowest BCUT2D eigenvalue weighted by Crippen LogP contribution is -2.39. The summed E-state index contributed by atoms with van der Waals surface area (Å²) in [4.78, 5) is 23.7. The maximum atomic E-state index is 13.7. The fourth-order valence-corrected chi connectivity index (χ4v) is 5.47. The number of nitrogens with one attached hydrogen (secondary N) is 1. The largest absolute Gasteiger partial charge is 0.466 e. The van der Waals surface area contributed by atoms with Crippen LogP contribution in [0.15, 0.2) is 46.0 Å². The highest BCUT2D eigenvalue weighted by molar-refractivity contribution is 7.88. The van der Waals surface area contributed by atoms with Crippen LogP contribution in [-0.2, 0) is 19.6 Å². The number of thiazole rings is 1. The predicted molar refractivity (Wildman–Crippen MR) is 115 cm³/mol. The van der Waals surface area contributed by atoms with Crippen LogP contribution in [0.25, 0.3) is 0 Å². The van der Waals surface area contributed by atoms with Gasteiger partial charge in [0.1, 0.15) is 11.9 Å². The number of methoxy groups -OCH3 is 1. The van der Waals surface area contributed by atoms with Crippen LogP contribution in [0.4, 0.5) is 4.39 Å². The van der Waals surface area contributed by atoms with Crippen LogP contribution in [0.2, 0.25) is 5.02 Å². The van der Waals surface area contributed by atoms with E-state index in [0.29, 0.717) is 22.1 Å². The number of aromatic nitrogens is 1. The monoisotopic (exact) mass is 484 g/mol. The Balaban J connectivity index is 1.89. The van der Waals surface area contributed by atoms with E-state index in [9.17, 15) is 17.6 Å². The predicted octanol–water partition coefficient (Wildman–Crippen LogP) is 2.49. The van der Waals surface area contributed by atoms with E-state index in [1.807, 2.05) is 0 Å². The summed E-state index contributed by atoms with van der Waals surface area (Å²) in [5.41, 5.74) is 1.23. The number of carbonyl (C=O) groups excluding carboxylic acids is 1. The molecule has 1 N–H and O–H groups in total. The number of fused-ring (bicyclic) bond motifs is 1. The van der Waals surface area contributed by atoms with E-state index in [1.165, 1.54) is 30.6 Å². The Morgan fingerprint density at radius 2 is 2.19 bits per heavy atom. The smallest absolute Gasteiger partial charge is 0.338 e. The number of aliphatic imine (C=N–C) groups is 1. The van der Waals surface area contributed by atoms with Crippen LogP contribution < -0.4 is 4.72 Å². The van der Waals surface area contributed by atoms with Gasteiger partial charge in [0.2, 0.25) is 10.0 Å². The van der Waals surface area contributed by atoms with E-state index in [0.717, 1.165) is 12.3 Å². The van der Waals surface area contributed by atoms with Crippen LogP contribution in [0.3, 0.4) is 0 Å². The number of nitrogens with zero attached hydrogens (tertiary/aromatic N) is 3. The Hall–Kier alpha value is -2.34. The van der Waals surface area contributed by atoms with Gasteiger partial charge in [-0.05, 0) is 12.1 Å². The van der Waals surface area contributed by atoms with Gasteiger partial charge in [0.25, 0.3) is 0 Å².